The van der Waals surface area contributed by atoms with Gasteiger partial charge in [-0.15, -0.1) is 17.0 Å². The summed E-state index contributed by atoms with van der Waals surface area (Å²) in [5.41, 5.74) is 3.92. The van der Waals surface area contributed by atoms with Gasteiger partial charge in [0.05, 0.1) is 13.7 Å². The molecule has 0 saturated heterocycles. The third-order valence-electron chi connectivity index (χ3n) is 4.60. The van der Waals surface area contributed by atoms with Crippen LogP contribution in [0.25, 0.3) is 0 Å². The molecule has 0 atom stereocenters. The Morgan fingerprint density at radius 1 is 1.19 bits per heavy atom. The van der Waals surface area contributed by atoms with E-state index >= 15 is 0 Å². The maximum absolute atomic E-state index is 13.0. The van der Waals surface area contributed by atoms with Crippen molar-refractivity contribution in [1.82, 2.24) is 0 Å². The lowest BCUT2D eigenvalue weighted by Crippen LogP contribution is -2.35. The number of amidine groups is 1. The summed E-state index contributed by atoms with van der Waals surface area (Å²) in [6, 6.07) is 13.7. The lowest BCUT2D eigenvalue weighted by Gasteiger charge is -2.27. The molecule has 0 unspecified atom stereocenters. The maximum atomic E-state index is 13.0. The molecule has 27 heavy (non-hydrogen) atoms. The molecule has 3 rings (SSSR count). The van der Waals surface area contributed by atoms with E-state index < -0.39 is 0 Å². The first-order chi connectivity index (χ1) is 12.6. The fraction of sp³-hybridized carbons (Fsp3) is 0.333. The number of methoxy groups -OCH3 is 1. The van der Waals surface area contributed by atoms with Crippen LogP contribution in [0.15, 0.2) is 47.5 Å². The molecular formula is C21H25BrN2O2S. The highest BCUT2D eigenvalue weighted by atomic mass is 79.9. The van der Waals surface area contributed by atoms with Crippen molar-refractivity contribution < 1.29 is 9.53 Å². The monoisotopic (exact) mass is 448 g/mol. The number of carbonyl (C=O) groups is 1. The van der Waals surface area contributed by atoms with Gasteiger partial charge in [0.15, 0.2) is 11.0 Å². The summed E-state index contributed by atoms with van der Waals surface area (Å²) in [5.74, 6) is 1.94. The summed E-state index contributed by atoms with van der Waals surface area (Å²) >= 11 is 1.71. The Morgan fingerprint density at radius 2 is 1.93 bits per heavy atom. The molecule has 2 aromatic carbocycles. The van der Waals surface area contributed by atoms with Gasteiger partial charge in [-0.1, -0.05) is 30.0 Å². The number of Topliss-reactive ketones (excluding diaryl/α,β-unsaturated/α-hetero) is 1. The fourth-order valence-electron chi connectivity index (χ4n) is 2.93. The second-order valence-electron chi connectivity index (χ2n) is 6.32. The number of aliphatic imine (C=N–C) groups is 1. The van der Waals surface area contributed by atoms with E-state index in [-0.39, 0.29) is 29.3 Å². The molecule has 1 aliphatic heterocycles. The molecule has 144 valence electrons. The Bertz CT molecular complexity index is 821. The molecule has 2 aromatic rings. The summed E-state index contributed by atoms with van der Waals surface area (Å²) in [6.07, 6.45) is 1.08. The van der Waals surface area contributed by atoms with E-state index in [0.717, 1.165) is 52.0 Å². The van der Waals surface area contributed by atoms with Crippen LogP contribution >= 0.6 is 28.7 Å². The number of nitrogens with zero attached hydrogens (tertiary/aromatic N) is 2. The van der Waals surface area contributed by atoms with Crippen molar-refractivity contribution in [2.75, 3.05) is 30.9 Å². The molecule has 1 aliphatic rings. The lowest BCUT2D eigenvalue weighted by molar-refractivity contribution is 0.100. The number of benzene rings is 2. The first kappa shape index (κ1) is 21.5. The van der Waals surface area contributed by atoms with Crippen LogP contribution in [0.5, 0.6) is 5.75 Å². The number of aryl methyl sites for hydroxylation is 1. The molecule has 0 bridgehead atoms. The number of ether oxygens (including phenoxy) is 1. The molecular weight excluding hydrogens is 424 g/mol. The van der Waals surface area contributed by atoms with E-state index in [4.69, 9.17) is 4.74 Å². The second kappa shape index (κ2) is 9.95. The van der Waals surface area contributed by atoms with Crippen LogP contribution in [0.2, 0.25) is 0 Å². The molecule has 0 aromatic heterocycles. The largest absolute Gasteiger partial charge is 0.497 e. The van der Waals surface area contributed by atoms with Gasteiger partial charge in [-0.25, -0.2) is 0 Å². The first-order valence-corrected chi connectivity index (χ1v) is 9.77. The van der Waals surface area contributed by atoms with E-state index in [0.29, 0.717) is 0 Å². The van der Waals surface area contributed by atoms with Gasteiger partial charge in [0.1, 0.15) is 5.75 Å². The number of ketones is 1. The highest BCUT2D eigenvalue weighted by Crippen LogP contribution is 2.26. The number of halogens is 1. The Kier molecular flexibility index (Phi) is 7.92. The quantitative estimate of drug-likeness (QED) is 0.598. The third-order valence-corrected chi connectivity index (χ3v) is 5.70. The van der Waals surface area contributed by atoms with Gasteiger partial charge in [0.2, 0.25) is 0 Å². The Balaban J connectivity index is 0.00000261. The summed E-state index contributed by atoms with van der Waals surface area (Å²) in [6.45, 7) is 5.14. The molecule has 0 spiro atoms. The zero-order valence-electron chi connectivity index (χ0n) is 15.9. The van der Waals surface area contributed by atoms with Crippen molar-refractivity contribution in [3.63, 3.8) is 0 Å². The van der Waals surface area contributed by atoms with E-state index in [1.807, 2.05) is 61.2 Å². The predicted molar refractivity (Wildman–Crippen MR) is 120 cm³/mol. The van der Waals surface area contributed by atoms with Crippen LogP contribution in [0.3, 0.4) is 0 Å². The van der Waals surface area contributed by atoms with Crippen LogP contribution in [-0.2, 0) is 0 Å². The van der Waals surface area contributed by atoms with E-state index in [2.05, 4.69) is 4.99 Å². The van der Waals surface area contributed by atoms with Crippen LogP contribution in [0, 0.1) is 13.8 Å². The molecule has 0 N–H and O–H groups in total. The summed E-state index contributed by atoms with van der Waals surface area (Å²) in [4.78, 5) is 19.7. The van der Waals surface area contributed by atoms with Crippen molar-refractivity contribution >= 4 is 45.4 Å². The molecule has 0 saturated carbocycles. The van der Waals surface area contributed by atoms with Crippen LogP contribution in [-0.4, -0.2) is 36.9 Å². The van der Waals surface area contributed by atoms with E-state index in [9.17, 15) is 4.79 Å². The zero-order chi connectivity index (χ0) is 18.5. The SMILES string of the molecule is Br.COc1ccc(N(CC(=O)c2cccc(C)c2C)C2=NCCCS2)cc1. The number of rotatable bonds is 5. The Morgan fingerprint density at radius 3 is 2.56 bits per heavy atom. The molecule has 0 aliphatic carbocycles. The van der Waals surface area contributed by atoms with Crippen LogP contribution < -0.4 is 9.64 Å². The van der Waals surface area contributed by atoms with E-state index in [1.165, 1.54) is 0 Å². The average Bonchev–Trinajstić information content (AvgIpc) is 2.69. The normalized spacial score (nSPS) is 13.4. The highest BCUT2D eigenvalue weighted by molar-refractivity contribution is 8.93. The van der Waals surface area contributed by atoms with E-state index in [1.54, 1.807) is 18.9 Å². The fourth-order valence-corrected chi connectivity index (χ4v) is 3.89. The summed E-state index contributed by atoms with van der Waals surface area (Å²) in [7, 11) is 1.65. The molecule has 0 radical (unpaired) electrons. The summed E-state index contributed by atoms with van der Waals surface area (Å²) < 4.78 is 5.25. The summed E-state index contributed by atoms with van der Waals surface area (Å²) in [5, 5.41) is 0.917. The number of thioether (sulfide) groups is 1. The molecule has 6 heteroatoms. The minimum absolute atomic E-state index is 0. The van der Waals surface area contributed by atoms with Crippen molar-refractivity contribution in [1.29, 1.82) is 0 Å². The van der Waals surface area contributed by atoms with Crippen molar-refractivity contribution in [3.8, 4) is 5.75 Å². The van der Waals surface area contributed by atoms with Crippen LogP contribution in [0.4, 0.5) is 5.69 Å². The number of anilines is 1. The van der Waals surface area contributed by atoms with Gasteiger partial charge < -0.3 is 9.64 Å². The van der Waals surface area contributed by atoms with Crippen LogP contribution in [0.1, 0.15) is 27.9 Å². The van der Waals surface area contributed by atoms with Gasteiger partial charge >= 0.3 is 0 Å². The first-order valence-electron chi connectivity index (χ1n) is 8.78. The standard InChI is InChI=1S/C21H24N2O2S.BrH/c1-15-6-4-7-19(16(15)2)20(24)14-23(21-22-12-5-13-26-21)17-8-10-18(25-3)11-9-17;/h4,6-11H,5,12-14H2,1-3H3;1H. The highest BCUT2D eigenvalue weighted by Gasteiger charge is 2.21. The van der Waals surface area contributed by atoms with Crippen molar-refractivity contribution in [2.45, 2.75) is 20.3 Å². The van der Waals surface area contributed by atoms with Gasteiger partial charge in [0, 0.05) is 23.5 Å². The molecule has 0 amide bonds. The van der Waals surface area contributed by atoms with Crippen molar-refractivity contribution in [3.05, 3.63) is 59.2 Å². The smallest absolute Gasteiger partial charge is 0.182 e. The molecule has 1 heterocycles. The Labute approximate surface area is 175 Å². The lowest BCUT2D eigenvalue weighted by atomic mass is 10.00. The number of hydrogen-bond donors (Lipinski definition) is 0. The maximum Gasteiger partial charge on any atom is 0.182 e. The van der Waals surface area contributed by atoms with Gasteiger partial charge in [0.25, 0.3) is 0 Å². The molecule has 4 nitrogen and oxygen atoms in total. The topological polar surface area (TPSA) is 41.9 Å². The van der Waals surface area contributed by atoms with Gasteiger partial charge in [-0.2, -0.15) is 0 Å². The van der Waals surface area contributed by atoms with Gasteiger partial charge in [-0.05, 0) is 55.7 Å². The predicted octanol–water partition coefficient (Wildman–Crippen LogP) is 5.07. The van der Waals surface area contributed by atoms with Gasteiger partial charge in [-0.3, -0.25) is 9.79 Å². The minimum Gasteiger partial charge on any atom is -0.497 e. The second-order valence-corrected chi connectivity index (χ2v) is 7.38. The van der Waals surface area contributed by atoms with Crippen molar-refractivity contribution in [2.24, 2.45) is 4.99 Å². The Hall–Kier alpha value is -1.79. The molecule has 0 fully saturated rings. The zero-order valence-corrected chi connectivity index (χ0v) is 18.4. The minimum atomic E-state index is 0. The number of hydrogen-bond acceptors (Lipinski definition) is 5. The third kappa shape index (κ3) is 5.14. The average molecular weight is 449 g/mol. The number of carbonyl (C=O) groups excluding carboxylic acids is 1.